The Morgan fingerprint density at radius 1 is 1.15 bits per heavy atom. The highest BCUT2D eigenvalue weighted by molar-refractivity contribution is 5.25. The van der Waals surface area contributed by atoms with Crippen LogP contribution in [0.2, 0.25) is 0 Å². The van der Waals surface area contributed by atoms with Crippen molar-refractivity contribution in [3.05, 3.63) is 49.1 Å². The Bertz CT molecular complexity index is 221. The molecule has 0 N–H and O–H groups in total. The van der Waals surface area contributed by atoms with E-state index in [1.807, 2.05) is 18.2 Å². The Morgan fingerprint density at radius 3 is 2.15 bits per heavy atom. The Morgan fingerprint density at radius 2 is 1.77 bits per heavy atom. The minimum Gasteiger partial charge on any atom is -0.0991 e. The molecule has 0 aromatic rings. The van der Waals surface area contributed by atoms with Crippen molar-refractivity contribution in [3.63, 3.8) is 0 Å². The largest absolute Gasteiger partial charge is 0.0991 e. The summed E-state index contributed by atoms with van der Waals surface area (Å²) in [4.78, 5) is 0. The summed E-state index contributed by atoms with van der Waals surface area (Å²) < 4.78 is 0. The Kier molecular flexibility index (Phi) is 5.13. The van der Waals surface area contributed by atoms with Gasteiger partial charge < -0.3 is 0 Å². The average molecular weight is 176 g/mol. The van der Waals surface area contributed by atoms with Crippen LogP contribution in [0.15, 0.2) is 49.1 Å². The second-order valence-corrected chi connectivity index (χ2v) is 4.31. The van der Waals surface area contributed by atoms with Crippen LogP contribution in [0.25, 0.3) is 0 Å². The second-order valence-electron chi connectivity index (χ2n) is 4.31. The van der Waals surface area contributed by atoms with Crippen LogP contribution in [0.5, 0.6) is 0 Å². The van der Waals surface area contributed by atoms with Crippen LogP contribution in [-0.4, -0.2) is 0 Å². The summed E-state index contributed by atoms with van der Waals surface area (Å²) in [5.74, 6) is 0. The van der Waals surface area contributed by atoms with Gasteiger partial charge in [-0.25, -0.2) is 0 Å². The first kappa shape index (κ1) is 12.0. The van der Waals surface area contributed by atoms with Crippen LogP contribution in [0.3, 0.4) is 0 Å². The van der Waals surface area contributed by atoms with Crippen molar-refractivity contribution in [2.75, 3.05) is 0 Å². The molecular formula is C13H20. The molecule has 0 radical (unpaired) electrons. The van der Waals surface area contributed by atoms with Crippen LogP contribution < -0.4 is 0 Å². The van der Waals surface area contributed by atoms with Gasteiger partial charge in [-0.05, 0) is 17.4 Å². The summed E-state index contributed by atoms with van der Waals surface area (Å²) in [7, 11) is 0. The summed E-state index contributed by atoms with van der Waals surface area (Å²) >= 11 is 0. The van der Waals surface area contributed by atoms with E-state index in [1.165, 1.54) is 5.57 Å². The predicted molar refractivity (Wildman–Crippen MR) is 61.7 cm³/mol. The second kappa shape index (κ2) is 5.58. The molecule has 0 aliphatic carbocycles. The van der Waals surface area contributed by atoms with Crippen molar-refractivity contribution in [1.82, 2.24) is 0 Å². The minimum absolute atomic E-state index is 0.320. The normalized spacial score (nSPS) is 13.3. The lowest BCUT2D eigenvalue weighted by Gasteiger charge is -2.18. The minimum atomic E-state index is 0.320. The van der Waals surface area contributed by atoms with E-state index in [-0.39, 0.29) is 0 Å². The van der Waals surface area contributed by atoms with Gasteiger partial charge in [0.1, 0.15) is 0 Å². The van der Waals surface area contributed by atoms with Crippen molar-refractivity contribution in [2.24, 2.45) is 5.41 Å². The standard InChI is InChI=1S/C13H20/c1-6-8-10-12(9-7-2)11-13(3,4)5/h6-10H,1-2,11H2,3-5H3/b10-8-,12-9+. The van der Waals surface area contributed by atoms with Crippen molar-refractivity contribution in [3.8, 4) is 0 Å². The summed E-state index contributed by atoms with van der Waals surface area (Å²) in [5.41, 5.74) is 1.61. The zero-order valence-corrected chi connectivity index (χ0v) is 9.01. The molecule has 0 aliphatic heterocycles. The molecule has 13 heavy (non-hydrogen) atoms. The first-order chi connectivity index (χ1) is 5.99. The summed E-state index contributed by atoms with van der Waals surface area (Å²) in [6, 6.07) is 0. The van der Waals surface area contributed by atoms with Crippen molar-refractivity contribution < 1.29 is 0 Å². The van der Waals surface area contributed by atoms with Gasteiger partial charge in [-0.1, -0.05) is 64.3 Å². The van der Waals surface area contributed by atoms with E-state index in [0.29, 0.717) is 5.41 Å². The van der Waals surface area contributed by atoms with E-state index >= 15 is 0 Å². The van der Waals surface area contributed by atoms with E-state index in [4.69, 9.17) is 0 Å². The third-order valence-electron chi connectivity index (χ3n) is 1.51. The Hall–Kier alpha value is -1.04. The maximum Gasteiger partial charge on any atom is -0.0230 e. The van der Waals surface area contributed by atoms with Gasteiger partial charge in [0.2, 0.25) is 0 Å². The van der Waals surface area contributed by atoms with Crippen LogP contribution >= 0.6 is 0 Å². The summed E-state index contributed by atoms with van der Waals surface area (Å²) in [5, 5.41) is 0. The smallest absolute Gasteiger partial charge is 0.0230 e. The highest BCUT2D eigenvalue weighted by Gasteiger charge is 2.10. The third kappa shape index (κ3) is 7.32. The van der Waals surface area contributed by atoms with Gasteiger partial charge in [0.25, 0.3) is 0 Å². The molecule has 0 nitrogen and oxygen atoms in total. The van der Waals surface area contributed by atoms with Gasteiger partial charge in [0.05, 0.1) is 0 Å². The molecule has 0 saturated carbocycles. The van der Waals surface area contributed by atoms with Gasteiger partial charge in [-0.3, -0.25) is 0 Å². The molecule has 0 saturated heterocycles. The van der Waals surface area contributed by atoms with Gasteiger partial charge in [0, 0.05) is 0 Å². The molecule has 0 aromatic carbocycles. The highest BCUT2D eigenvalue weighted by Crippen LogP contribution is 2.24. The van der Waals surface area contributed by atoms with E-state index in [2.05, 4.69) is 40.0 Å². The van der Waals surface area contributed by atoms with E-state index in [9.17, 15) is 0 Å². The molecule has 0 heterocycles. The molecule has 72 valence electrons. The third-order valence-corrected chi connectivity index (χ3v) is 1.51. The highest BCUT2D eigenvalue weighted by atomic mass is 14.2. The zero-order valence-electron chi connectivity index (χ0n) is 9.01. The van der Waals surface area contributed by atoms with Crippen molar-refractivity contribution in [2.45, 2.75) is 27.2 Å². The average Bonchev–Trinajstić information content (AvgIpc) is 1.98. The van der Waals surface area contributed by atoms with Crippen LogP contribution in [-0.2, 0) is 0 Å². The maximum absolute atomic E-state index is 3.70. The summed E-state index contributed by atoms with van der Waals surface area (Å²) in [6.45, 7) is 14.0. The lowest BCUT2D eigenvalue weighted by molar-refractivity contribution is 0.413. The zero-order chi connectivity index (χ0) is 10.3. The van der Waals surface area contributed by atoms with E-state index in [1.54, 1.807) is 6.08 Å². The quantitative estimate of drug-likeness (QED) is 0.561. The SMILES string of the molecule is C=C/C=C\C(=C/C=C)CC(C)(C)C. The Labute approximate surface area is 82.4 Å². The summed E-state index contributed by atoms with van der Waals surface area (Å²) in [6.07, 6.45) is 10.8. The molecule has 0 rings (SSSR count). The fraction of sp³-hybridized carbons (Fsp3) is 0.385. The van der Waals surface area contributed by atoms with Crippen LogP contribution in [0.4, 0.5) is 0 Å². The molecule has 0 fully saturated rings. The fourth-order valence-corrected chi connectivity index (χ4v) is 1.13. The van der Waals surface area contributed by atoms with Gasteiger partial charge >= 0.3 is 0 Å². The lowest BCUT2D eigenvalue weighted by atomic mass is 9.87. The number of hydrogen-bond acceptors (Lipinski definition) is 0. The van der Waals surface area contributed by atoms with E-state index < -0.39 is 0 Å². The molecule has 0 atom stereocenters. The first-order valence-electron chi connectivity index (χ1n) is 4.60. The monoisotopic (exact) mass is 176 g/mol. The number of hydrogen-bond donors (Lipinski definition) is 0. The topological polar surface area (TPSA) is 0 Å². The van der Waals surface area contributed by atoms with Gasteiger partial charge in [-0.15, -0.1) is 0 Å². The molecule has 0 unspecified atom stereocenters. The molecule has 0 heteroatoms. The number of allylic oxidation sites excluding steroid dienone is 6. The number of rotatable bonds is 4. The van der Waals surface area contributed by atoms with Crippen molar-refractivity contribution in [1.29, 1.82) is 0 Å². The maximum atomic E-state index is 3.70. The molecule has 0 aliphatic rings. The lowest BCUT2D eigenvalue weighted by Crippen LogP contribution is -2.05. The Balaban J connectivity index is 4.45. The molecule has 0 aromatic heterocycles. The molecule has 0 amide bonds. The fourth-order valence-electron chi connectivity index (χ4n) is 1.13. The molecule has 0 spiro atoms. The van der Waals surface area contributed by atoms with Gasteiger partial charge in [-0.2, -0.15) is 0 Å². The van der Waals surface area contributed by atoms with Crippen molar-refractivity contribution >= 4 is 0 Å². The van der Waals surface area contributed by atoms with Crippen LogP contribution in [0.1, 0.15) is 27.2 Å². The molecule has 0 bridgehead atoms. The first-order valence-corrected chi connectivity index (χ1v) is 4.60. The van der Waals surface area contributed by atoms with Gasteiger partial charge in [0.15, 0.2) is 0 Å². The van der Waals surface area contributed by atoms with Crippen LogP contribution in [0, 0.1) is 5.41 Å². The van der Waals surface area contributed by atoms with E-state index in [0.717, 1.165) is 6.42 Å². The molecular weight excluding hydrogens is 156 g/mol. The predicted octanol–water partition coefficient (Wildman–Crippen LogP) is 4.28.